The van der Waals surface area contributed by atoms with Crippen LogP contribution < -0.4 is 5.32 Å². The Kier molecular flexibility index (Phi) is 47.0. The molecule has 1 saturated heterocycles. The van der Waals surface area contributed by atoms with Crippen molar-refractivity contribution >= 4 is 11.9 Å². The summed E-state index contributed by atoms with van der Waals surface area (Å²) in [5, 5.41) is 56.9. The molecule has 73 heavy (non-hydrogen) atoms. The van der Waals surface area contributed by atoms with E-state index in [9.17, 15) is 35.1 Å². The zero-order valence-electron chi connectivity index (χ0n) is 46.7. The van der Waals surface area contributed by atoms with Gasteiger partial charge in [-0.25, -0.2) is 0 Å². The van der Waals surface area contributed by atoms with Crippen molar-refractivity contribution in [3.8, 4) is 0 Å². The third kappa shape index (κ3) is 38.5. The Morgan fingerprint density at radius 1 is 0.534 bits per heavy atom. The molecule has 1 amide bonds. The van der Waals surface area contributed by atoms with Gasteiger partial charge < -0.3 is 45.1 Å². The van der Waals surface area contributed by atoms with Crippen molar-refractivity contribution in [2.45, 2.75) is 307 Å². The van der Waals surface area contributed by atoms with Gasteiger partial charge >= 0.3 is 5.97 Å². The standard InChI is InChI=1S/C62H111NO10/c1-4-7-10-13-16-19-22-24-26-27-28-30-31-34-37-40-43-46-49-55(66)61(70)63-53(54(65)48-45-42-39-36-33-21-18-15-12-9-6-3)52-71-62-60(59(69)58(68)56(51-64)72-62)73-57(67)50-47-44-41-38-35-32-29-25-23-20-17-14-11-8-5-2/h16,19-20,23-24,26,28,30,45,48,53-56,58-60,62,64-66,68-69H,4-15,17-18,21-22,25,27,29,31-44,46-47,49-52H2,1-3H3,(H,63,70)/b19-16-,23-20-,26-24-,30-28-,48-45+. The summed E-state index contributed by atoms with van der Waals surface area (Å²) in [7, 11) is 0. The second kappa shape index (κ2) is 50.2. The van der Waals surface area contributed by atoms with Crippen molar-refractivity contribution in [2.75, 3.05) is 13.2 Å². The van der Waals surface area contributed by atoms with Crippen LogP contribution in [-0.2, 0) is 23.8 Å². The molecule has 0 aromatic rings. The number of aliphatic hydroxyl groups excluding tert-OH is 5. The quantitative estimate of drug-likeness (QED) is 0.0195. The topological polar surface area (TPSA) is 175 Å². The normalized spacial score (nSPS) is 19.8. The number of allylic oxidation sites excluding steroid dienone is 9. The molecule has 11 heteroatoms. The molecule has 11 nitrogen and oxygen atoms in total. The van der Waals surface area contributed by atoms with Crippen molar-refractivity contribution in [1.82, 2.24) is 5.32 Å². The van der Waals surface area contributed by atoms with E-state index < -0.39 is 67.4 Å². The Balaban J connectivity index is 2.71. The SMILES string of the molecule is CCCCC/C=C\C/C=C\C/C=C\CCCCCCCC(O)C(=O)NC(COC1OC(CO)C(O)C(O)C1OC(=O)CCCCCCCCC/C=C\CCCCCC)C(O)/C=C/CCCCCCCCCCC. The van der Waals surface area contributed by atoms with Crippen molar-refractivity contribution < 1.29 is 49.3 Å². The van der Waals surface area contributed by atoms with Crippen molar-refractivity contribution in [1.29, 1.82) is 0 Å². The maximum Gasteiger partial charge on any atom is 0.306 e. The second-order valence-electron chi connectivity index (χ2n) is 20.7. The monoisotopic (exact) mass is 1030 g/mol. The fraction of sp³-hybridized carbons (Fsp3) is 0.806. The third-order valence-corrected chi connectivity index (χ3v) is 13.9. The summed E-state index contributed by atoms with van der Waals surface area (Å²) in [6.07, 6.45) is 51.1. The van der Waals surface area contributed by atoms with Gasteiger partial charge in [-0.15, -0.1) is 0 Å². The van der Waals surface area contributed by atoms with Gasteiger partial charge in [0, 0.05) is 6.42 Å². The van der Waals surface area contributed by atoms with Crippen LogP contribution >= 0.6 is 0 Å². The first-order chi connectivity index (χ1) is 35.7. The maximum atomic E-state index is 13.4. The number of unbranched alkanes of at least 4 members (excludes halogenated alkanes) is 28. The molecule has 0 saturated carbocycles. The molecule has 6 N–H and O–H groups in total. The molecule has 1 aliphatic heterocycles. The molecule has 424 valence electrons. The van der Waals surface area contributed by atoms with Gasteiger partial charge in [-0.2, -0.15) is 0 Å². The largest absolute Gasteiger partial charge is 0.454 e. The number of nitrogens with one attached hydrogen (secondary N) is 1. The van der Waals surface area contributed by atoms with Crippen LogP contribution in [0.1, 0.15) is 258 Å². The van der Waals surface area contributed by atoms with E-state index >= 15 is 0 Å². The Bertz CT molecular complexity index is 1420. The molecule has 8 unspecified atom stereocenters. The Hall–Kier alpha value is -2.64. The van der Waals surface area contributed by atoms with E-state index in [1.165, 1.54) is 116 Å². The van der Waals surface area contributed by atoms with Gasteiger partial charge in [0.15, 0.2) is 12.4 Å². The summed E-state index contributed by atoms with van der Waals surface area (Å²) in [6, 6.07) is -1.03. The molecule has 1 fully saturated rings. The number of hydrogen-bond donors (Lipinski definition) is 6. The third-order valence-electron chi connectivity index (χ3n) is 13.9. The first kappa shape index (κ1) is 68.4. The van der Waals surface area contributed by atoms with Gasteiger partial charge in [0.25, 0.3) is 0 Å². The number of esters is 1. The molecule has 0 aliphatic carbocycles. The van der Waals surface area contributed by atoms with E-state index in [1.54, 1.807) is 6.08 Å². The lowest BCUT2D eigenvalue weighted by atomic mass is 9.99. The second-order valence-corrected chi connectivity index (χ2v) is 20.7. The van der Waals surface area contributed by atoms with Crippen LogP contribution in [0, 0.1) is 0 Å². The molecule has 0 aromatic heterocycles. The van der Waals surface area contributed by atoms with Crippen LogP contribution in [0.2, 0.25) is 0 Å². The average Bonchev–Trinajstić information content (AvgIpc) is 3.39. The highest BCUT2D eigenvalue weighted by atomic mass is 16.7. The minimum atomic E-state index is -1.62. The van der Waals surface area contributed by atoms with Gasteiger partial charge in [-0.1, -0.05) is 223 Å². The number of aliphatic hydroxyl groups is 5. The van der Waals surface area contributed by atoms with Crippen LogP contribution in [0.25, 0.3) is 0 Å². The molecule has 0 aromatic carbocycles. The fourth-order valence-electron chi connectivity index (χ4n) is 9.06. The first-order valence-electron chi connectivity index (χ1n) is 30.1. The molecule has 0 spiro atoms. The van der Waals surface area contributed by atoms with E-state index in [-0.39, 0.29) is 19.4 Å². The minimum Gasteiger partial charge on any atom is -0.454 e. The van der Waals surface area contributed by atoms with E-state index in [1.807, 2.05) is 6.08 Å². The van der Waals surface area contributed by atoms with Gasteiger partial charge in [0.05, 0.1) is 25.4 Å². The van der Waals surface area contributed by atoms with Gasteiger partial charge in [0.1, 0.15) is 24.4 Å². The summed E-state index contributed by atoms with van der Waals surface area (Å²) < 4.78 is 17.6. The fourth-order valence-corrected chi connectivity index (χ4v) is 9.06. The highest BCUT2D eigenvalue weighted by Gasteiger charge is 2.47. The Morgan fingerprint density at radius 3 is 1.47 bits per heavy atom. The van der Waals surface area contributed by atoms with Crippen LogP contribution in [0.4, 0.5) is 0 Å². The minimum absolute atomic E-state index is 0.116. The number of carbonyl (C=O) groups is 2. The maximum absolute atomic E-state index is 13.4. The average molecular weight is 1030 g/mol. The zero-order chi connectivity index (χ0) is 53.3. The van der Waals surface area contributed by atoms with E-state index in [4.69, 9.17) is 14.2 Å². The lowest BCUT2D eigenvalue weighted by Crippen LogP contribution is -2.61. The smallest absolute Gasteiger partial charge is 0.306 e. The highest BCUT2D eigenvalue weighted by Crippen LogP contribution is 2.26. The Morgan fingerprint density at radius 2 is 0.945 bits per heavy atom. The van der Waals surface area contributed by atoms with E-state index in [2.05, 4.69) is 74.7 Å². The summed E-state index contributed by atoms with van der Waals surface area (Å²) in [4.78, 5) is 26.5. The lowest BCUT2D eigenvalue weighted by Gasteiger charge is -2.41. The number of rotatable bonds is 50. The first-order valence-corrected chi connectivity index (χ1v) is 30.1. The number of ether oxygens (including phenoxy) is 3. The van der Waals surface area contributed by atoms with Crippen LogP contribution in [0.3, 0.4) is 0 Å². The van der Waals surface area contributed by atoms with Gasteiger partial charge in [-0.05, 0) is 89.9 Å². The molecule has 8 atom stereocenters. The predicted octanol–water partition coefficient (Wildman–Crippen LogP) is 13.8. The van der Waals surface area contributed by atoms with Crippen LogP contribution in [0.5, 0.6) is 0 Å². The Labute approximate surface area is 446 Å². The van der Waals surface area contributed by atoms with Gasteiger partial charge in [-0.3, -0.25) is 9.59 Å². The molecule has 1 heterocycles. The van der Waals surface area contributed by atoms with Crippen LogP contribution in [0.15, 0.2) is 60.8 Å². The summed E-state index contributed by atoms with van der Waals surface area (Å²) in [6.45, 7) is 5.73. The molecular formula is C62H111NO10. The lowest BCUT2D eigenvalue weighted by molar-refractivity contribution is -0.305. The molecule has 1 aliphatic rings. The van der Waals surface area contributed by atoms with Gasteiger partial charge in [0.2, 0.25) is 5.91 Å². The summed E-state index contributed by atoms with van der Waals surface area (Å²) in [5.41, 5.74) is 0. The molecular weight excluding hydrogens is 919 g/mol. The predicted molar refractivity (Wildman–Crippen MR) is 301 cm³/mol. The van der Waals surface area contributed by atoms with E-state index in [0.717, 1.165) is 96.3 Å². The molecule has 0 radical (unpaired) electrons. The van der Waals surface area contributed by atoms with Crippen molar-refractivity contribution in [3.63, 3.8) is 0 Å². The number of carbonyl (C=O) groups excluding carboxylic acids is 2. The van der Waals surface area contributed by atoms with Crippen molar-refractivity contribution in [2.24, 2.45) is 0 Å². The zero-order valence-corrected chi connectivity index (χ0v) is 46.7. The highest BCUT2D eigenvalue weighted by molar-refractivity contribution is 5.80. The summed E-state index contributed by atoms with van der Waals surface area (Å²) >= 11 is 0. The molecule has 0 bridgehead atoms. The summed E-state index contributed by atoms with van der Waals surface area (Å²) in [5.74, 6) is -1.21. The molecule has 1 rings (SSSR count). The van der Waals surface area contributed by atoms with Crippen LogP contribution in [-0.4, -0.2) is 99.6 Å². The number of hydrogen-bond acceptors (Lipinski definition) is 10. The van der Waals surface area contributed by atoms with E-state index in [0.29, 0.717) is 12.8 Å². The van der Waals surface area contributed by atoms with Crippen molar-refractivity contribution in [3.05, 3.63) is 60.8 Å². The number of amides is 1.